The molecule has 1 unspecified atom stereocenters. The van der Waals surface area contributed by atoms with Gasteiger partial charge in [-0.3, -0.25) is 9.88 Å². The lowest BCUT2D eigenvalue weighted by Gasteiger charge is -2.20. The third kappa shape index (κ3) is 5.41. The Morgan fingerprint density at radius 2 is 2.05 bits per heavy atom. The van der Waals surface area contributed by atoms with Gasteiger partial charge in [-0.15, -0.1) is 0 Å². The van der Waals surface area contributed by atoms with E-state index in [1.165, 1.54) is 0 Å². The fourth-order valence-corrected chi connectivity index (χ4v) is 2.07. The van der Waals surface area contributed by atoms with E-state index in [2.05, 4.69) is 4.98 Å². The van der Waals surface area contributed by atoms with Crippen LogP contribution in [0.25, 0.3) is 0 Å². The lowest BCUT2D eigenvalue weighted by Crippen LogP contribution is -2.32. The van der Waals surface area contributed by atoms with Gasteiger partial charge in [0.15, 0.2) is 0 Å². The number of hydrogen-bond donors (Lipinski definition) is 2. The molecular formula is C16H21N3O2. The van der Waals surface area contributed by atoms with Gasteiger partial charge in [0.1, 0.15) is 18.5 Å². The first kappa shape index (κ1) is 15.3. The van der Waals surface area contributed by atoms with Crippen molar-refractivity contribution in [2.75, 3.05) is 25.9 Å². The lowest BCUT2D eigenvalue weighted by molar-refractivity contribution is 0.0744. The summed E-state index contributed by atoms with van der Waals surface area (Å²) in [5, 5.41) is 10.0. The molecule has 0 amide bonds. The summed E-state index contributed by atoms with van der Waals surface area (Å²) in [6, 6.07) is 11.1. The summed E-state index contributed by atoms with van der Waals surface area (Å²) < 4.78 is 5.53. The van der Waals surface area contributed by atoms with E-state index in [0.717, 1.165) is 12.1 Å². The van der Waals surface area contributed by atoms with Crippen molar-refractivity contribution in [3.63, 3.8) is 0 Å². The number of aliphatic hydroxyl groups excluding tert-OH is 1. The molecule has 1 aromatic heterocycles. The first-order chi connectivity index (χ1) is 10.1. The summed E-state index contributed by atoms with van der Waals surface area (Å²) in [6.45, 7) is 1.53. The molecule has 1 atom stereocenters. The van der Waals surface area contributed by atoms with Crippen LogP contribution in [0.2, 0.25) is 0 Å². The van der Waals surface area contributed by atoms with Gasteiger partial charge in [0.25, 0.3) is 0 Å². The molecule has 0 spiro atoms. The van der Waals surface area contributed by atoms with Crippen LogP contribution in [0, 0.1) is 0 Å². The SMILES string of the molecule is CN(Cc1ccncc1)CC(O)COc1cccc(N)c1. The minimum atomic E-state index is -0.557. The van der Waals surface area contributed by atoms with Crippen LogP contribution in [0.15, 0.2) is 48.8 Å². The second-order valence-electron chi connectivity index (χ2n) is 5.09. The zero-order chi connectivity index (χ0) is 15.1. The van der Waals surface area contributed by atoms with E-state index in [-0.39, 0.29) is 6.61 Å². The van der Waals surface area contributed by atoms with Crippen molar-refractivity contribution in [3.05, 3.63) is 54.4 Å². The molecule has 5 heteroatoms. The average molecular weight is 287 g/mol. The number of ether oxygens (including phenoxy) is 1. The zero-order valence-corrected chi connectivity index (χ0v) is 12.1. The predicted molar refractivity (Wildman–Crippen MR) is 82.9 cm³/mol. The van der Waals surface area contributed by atoms with Crippen LogP contribution in [0.5, 0.6) is 5.75 Å². The maximum Gasteiger partial charge on any atom is 0.121 e. The second-order valence-corrected chi connectivity index (χ2v) is 5.09. The standard InChI is InChI=1S/C16H21N3O2/c1-19(10-13-5-7-18-8-6-13)11-15(20)12-21-16-4-2-3-14(17)9-16/h2-9,15,20H,10-12,17H2,1H3. The quantitative estimate of drug-likeness (QED) is 0.756. The Bertz CT molecular complexity index is 548. The molecule has 0 aliphatic carbocycles. The van der Waals surface area contributed by atoms with Crippen LogP contribution in [-0.4, -0.2) is 41.3 Å². The van der Waals surface area contributed by atoms with Crippen molar-refractivity contribution < 1.29 is 9.84 Å². The van der Waals surface area contributed by atoms with Crippen LogP contribution in [0.4, 0.5) is 5.69 Å². The van der Waals surface area contributed by atoms with Gasteiger partial charge in [-0.25, -0.2) is 0 Å². The predicted octanol–water partition coefficient (Wildman–Crippen LogP) is 1.54. The molecule has 2 aromatic rings. The number of anilines is 1. The minimum absolute atomic E-state index is 0.240. The van der Waals surface area contributed by atoms with Crippen molar-refractivity contribution in [3.8, 4) is 5.75 Å². The number of likely N-dealkylation sites (N-methyl/N-ethyl adjacent to an activating group) is 1. The molecule has 3 N–H and O–H groups in total. The van der Waals surface area contributed by atoms with Gasteiger partial charge < -0.3 is 15.6 Å². The van der Waals surface area contributed by atoms with Crippen LogP contribution < -0.4 is 10.5 Å². The fourth-order valence-electron chi connectivity index (χ4n) is 2.07. The maximum atomic E-state index is 10.0. The van der Waals surface area contributed by atoms with Gasteiger partial charge in [0.2, 0.25) is 0 Å². The number of pyridine rings is 1. The zero-order valence-electron chi connectivity index (χ0n) is 12.1. The molecule has 0 aliphatic rings. The largest absolute Gasteiger partial charge is 0.491 e. The number of aromatic nitrogens is 1. The number of benzene rings is 1. The van der Waals surface area contributed by atoms with E-state index >= 15 is 0 Å². The molecule has 0 saturated carbocycles. The summed E-state index contributed by atoms with van der Waals surface area (Å²) in [5.74, 6) is 0.672. The fraction of sp³-hybridized carbons (Fsp3) is 0.312. The van der Waals surface area contributed by atoms with Gasteiger partial charge in [-0.05, 0) is 36.9 Å². The van der Waals surface area contributed by atoms with E-state index < -0.39 is 6.10 Å². The maximum absolute atomic E-state index is 10.0. The summed E-state index contributed by atoms with van der Waals surface area (Å²) in [4.78, 5) is 6.03. The van der Waals surface area contributed by atoms with Crippen molar-refractivity contribution in [2.45, 2.75) is 12.6 Å². The lowest BCUT2D eigenvalue weighted by atomic mass is 10.2. The van der Waals surface area contributed by atoms with Crippen molar-refractivity contribution in [2.24, 2.45) is 0 Å². The van der Waals surface area contributed by atoms with E-state index in [0.29, 0.717) is 18.0 Å². The van der Waals surface area contributed by atoms with Gasteiger partial charge in [0.05, 0.1) is 0 Å². The van der Waals surface area contributed by atoms with E-state index in [9.17, 15) is 5.11 Å². The minimum Gasteiger partial charge on any atom is -0.491 e. The molecule has 2 rings (SSSR count). The first-order valence-corrected chi connectivity index (χ1v) is 6.87. The average Bonchev–Trinajstić information content (AvgIpc) is 2.46. The van der Waals surface area contributed by atoms with Crippen LogP contribution in [0.1, 0.15) is 5.56 Å². The Labute approximate surface area is 125 Å². The summed E-state index contributed by atoms with van der Waals surface area (Å²) in [5.41, 5.74) is 7.49. The molecule has 0 saturated heterocycles. The summed E-state index contributed by atoms with van der Waals surface area (Å²) in [7, 11) is 1.96. The highest BCUT2D eigenvalue weighted by Crippen LogP contribution is 2.14. The Kier molecular flexibility index (Phi) is 5.54. The molecule has 0 bridgehead atoms. The first-order valence-electron chi connectivity index (χ1n) is 6.87. The number of hydrogen-bond acceptors (Lipinski definition) is 5. The number of rotatable bonds is 7. The molecule has 5 nitrogen and oxygen atoms in total. The number of nitrogens with two attached hydrogens (primary N) is 1. The molecule has 1 heterocycles. The van der Waals surface area contributed by atoms with Crippen LogP contribution in [0.3, 0.4) is 0 Å². The molecular weight excluding hydrogens is 266 g/mol. The Hall–Kier alpha value is -2.11. The smallest absolute Gasteiger partial charge is 0.121 e. The van der Waals surface area contributed by atoms with Gasteiger partial charge in [-0.2, -0.15) is 0 Å². The van der Waals surface area contributed by atoms with Crippen molar-refractivity contribution >= 4 is 5.69 Å². The molecule has 0 fully saturated rings. The number of nitrogen functional groups attached to an aromatic ring is 1. The van der Waals surface area contributed by atoms with E-state index in [4.69, 9.17) is 10.5 Å². The normalized spacial score (nSPS) is 12.3. The Morgan fingerprint density at radius 1 is 1.29 bits per heavy atom. The highest BCUT2D eigenvalue weighted by atomic mass is 16.5. The Morgan fingerprint density at radius 3 is 2.76 bits per heavy atom. The number of nitrogens with zero attached hydrogens (tertiary/aromatic N) is 2. The molecule has 0 radical (unpaired) electrons. The monoisotopic (exact) mass is 287 g/mol. The second kappa shape index (κ2) is 7.61. The molecule has 21 heavy (non-hydrogen) atoms. The molecule has 112 valence electrons. The van der Waals surface area contributed by atoms with Crippen LogP contribution >= 0.6 is 0 Å². The van der Waals surface area contributed by atoms with Crippen LogP contribution in [-0.2, 0) is 6.54 Å². The Balaban J connectivity index is 1.75. The topological polar surface area (TPSA) is 71.6 Å². The third-order valence-electron chi connectivity index (χ3n) is 3.02. The van der Waals surface area contributed by atoms with E-state index in [1.54, 1.807) is 24.5 Å². The van der Waals surface area contributed by atoms with Gasteiger partial charge in [0, 0.05) is 37.2 Å². The summed E-state index contributed by atoms with van der Waals surface area (Å²) >= 11 is 0. The van der Waals surface area contributed by atoms with Crippen molar-refractivity contribution in [1.82, 2.24) is 9.88 Å². The highest BCUT2D eigenvalue weighted by molar-refractivity contribution is 5.43. The third-order valence-corrected chi connectivity index (χ3v) is 3.02. The molecule has 1 aromatic carbocycles. The number of aliphatic hydroxyl groups is 1. The van der Waals surface area contributed by atoms with E-state index in [1.807, 2.05) is 36.2 Å². The highest BCUT2D eigenvalue weighted by Gasteiger charge is 2.09. The summed E-state index contributed by atoms with van der Waals surface area (Å²) in [6.07, 6.45) is 2.98. The van der Waals surface area contributed by atoms with Gasteiger partial charge in [-0.1, -0.05) is 6.07 Å². The van der Waals surface area contributed by atoms with Gasteiger partial charge >= 0.3 is 0 Å². The molecule has 0 aliphatic heterocycles. The van der Waals surface area contributed by atoms with Crippen molar-refractivity contribution in [1.29, 1.82) is 0 Å².